The zero-order valence-electron chi connectivity index (χ0n) is 10.4. The molecule has 1 aromatic heterocycles. The highest BCUT2D eigenvalue weighted by atomic mass is 79.9. The number of rotatable bonds is 4. The first kappa shape index (κ1) is 14.2. The maximum Gasteiger partial charge on any atom is 0.252 e. The second-order valence-electron chi connectivity index (χ2n) is 4.27. The number of aliphatic hydroxyl groups excluding tert-OH is 1. The molecule has 0 fully saturated rings. The second kappa shape index (κ2) is 6.32. The minimum atomic E-state index is -0.667. The predicted octanol–water partition coefficient (Wildman–Crippen LogP) is 3.28. The van der Waals surface area contributed by atoms with E-state index in [1.54, 1.807) is 6.07 Å². The van der Waals surface area contributed by atoms with Crippen molar-refractivity contribution in [3.63, 3.8) is 0 Å². The van der Waals surface area contributed by atoms with E-state index in [0.29, 0.717) is 5.56 Å². The smallest absolute Gasteiger partial charge is 0.252 e. The number of hydrogen-bond acceptors (Lipinski definition) is 3. The van der Waals surface area contributed by atoms with Crippen LogP contribution in [0.4, 0.5) is 0 Å². The van der Waals surface area contributed by atoms with Crippen LogP contribution in [0.1, 0.15) is 27.6 Å². The molecule has 100 valence electrons. The molecular formula is C14H14BrNO2S. The number of aliphatic hydroxyl groups is 1. The Morgan fingerprint density at radius 1 is 1.47 bits per heavy atom. The number of hydrogen-bond donors (Lipinski definition) is 2. The lowest BCUT2D eigenvalue weighted by Crippen LogP contribution is -2.28. The maximum absolute atomic E-state index is 12.0. The van der Waals surface area contributed by atoms with Crippen LogP contribution in [-0.4, -0.2) is 17.6 Å². The predicted molar refractivity (Wildman–Crippen MR) is 80.5 cm³/mol. The molecule has 1 atom stereocenters. The molecule has 2 N–H and O–H groups in total. The molecule has 0 aliphatic heterocycles. The summed E-state index contributed by atoms with van der Waals surface area (Å²) in [5.74, 6) is -0.193. The van der Waals surface area contributed by atoms with Crippen molar-refractivity contribution in [3.05, 3.63) is 56.2 Å². The SMILES string of the molecule is Cc1ccc(C(=O)NCC(O)c2ccsc2)c(Br)c1. The van der Waals surface area contributed by atoms with Gasteiger partial charge in [0.05, 0.1) is 11.7 Å². The summed E-state index contributed by atoms with van der Waals surface area (Å²) in [6.45, 7) is 2.17. The van der Waals surface area contributed by atoms with Gasteiger partial charge in [0.25, 0.3) is 5.91 Å². The molecule has 1 aromatic carbocycles. The molecule has 1 heterocycles. The Morgan fingerprint density at radius 3 is 2.89 bits per heavy atom. The quantitative estimate of drug-likeness (QED) is 0.897. The molecule has 2 aromatic rings. The van der Waals surface area contributed by atoms with Crippen molar-refractivity contribution < 1.29 is 9.90 Å². The van der Waals surface area contributed by atoms with Gasteiger partial charge in [-0.15, -0.1) is 0 Å². The van der Waals surface area contributed by atoms with E-state index in [9.17, 15) is 9.90 Å². The highest BCUT2D eigenvalue weighted by Gasteiger charge is 2.13. The summed E-state index contributed by atoms with van der Waals surface area (Å²) < 4.78 is 0.759. The van der Waals surface area contributed by atoms with Gasteiger partial charge in [-0.1, -0.05) is 6.07 Å². The zero-order chi connectivity index (χ0) is 13.8. The number of benzene rings is 1. The molecular weight excluding hydrogens is 326 g/mol. The van der Waals surface area contributed by atoms with E-state index in [1.807, 2.05) is 35.9 Å². The van der Waals surface area contributed by atoms with E-state index < -0.39 is 6.10 Å². The second-order valence-corrected chi connectivity index (χ2v) is 5.90. The van der Waals surface area contributed by atoms with Crippen LogP contribution < -0.4 is 5.32 Å². The first-order valence-electron chi connectivity index (χ1n) is 5.82. The van der Waals surface area contributed by atoms with Crippen molar-refractivity contribution in [3.8, 4) is 0 Å². The van der Waals surface area contributed by atoms with E-state index >= 15 is 0 Å². The van der Waals surface area contributed by atoms with E-state index in [1.165, 1.54) is 11.3 Å². The van der Waals surface area contributed by atoms with Gasteiger partial charge in [-0.05, 0) is 62.9 Å². The number of nitrogens with one attached hydrogen (secondary N) is 1. The summed E-state index contributed by atoms with van der Waals surface area (Å²) in [5.41, 5.74) is 2.48. The zero-order valence-corrected chi connectivity index (χ0v) is 12.8. The summed E-state index contributed by atoms with van der Waals surface area (Å²) in [5, 5.41) is 16.4. The topological polar surface area (TPSA) is 49.3 Å². The standard InChI is InChI=1S/C14H14BrNO2S/c1-9-2-3-11(12(15)6-9)14(18)16-7-13(17)10-4-5-19-8-10/h2-6,8,13,17H,7H2,1H3,(H,16,18). The first-order valence-corrected chi connectivity index (χ1v) is 7.56. The van der Waals surface area contributed by atoms with E-state index in [-0.39, 0.29) is 12.5 Å². The number of thiophene rings is 1. The van der Waals surface area contributed by atoms with Gasteiger partial charge in [-0.25, -0.2) is 0 Å². The van der Waals surface area contributed by atoms with E-state index in [0.717, 1.165) is 15.6 Å². The van der Waals surface area contributed by atoms with Gasteiger partial charge in [0.2, 0.25) is 0 Å². The van der Waals surface area contributed by atoms with Crippen LogP contribution in [-0.2, 0) is 0 Å². The van der Waals surface area contributed by atoms with Gasteiger partial charge in [-0.3, -0.25) is 4.79 Å². The molecule has 0 saturated carbocycles. The van der Waals surface area contributed by atoms with Crippen LogP contribution >= 0.6 is 27.3 Å². The van der Waals surface area contributed by atoms with Gasteiger partial charge in [-0.2, -0.15) is 11.3 Å². The van der Waals surface area contributed by atoms with E-state index in [2.05, 4.69) is 21.2 Å². The van der Waals surface area contributed by atoms with Crippen LogP contribution in [0.15, 0.2) is 39.5 Å². The van der Waals surface area contributed by atoms with Crippen LogP contribution in [0.3, 0.4) is 0 Å². The van der Waals surface area contributed by atoms with Gasteiger partial charge in [0, 0.05) is 11.0 Å². The minimum Gasteiger partial charge on any atom is -0.387 e. The van der Waals surface area contributed by atoms with Crippen molar-refractivity contribution >= 4 is 33.2 Å². The third kappa shape index (κ3) is 3.65. The molecule has 0 radical (unpaired) electrons. The summed E-state index contributed by atoms with van der Waals surface area (Å²) in [6, 6.07) is 7.40. The highest BCUT2D eigenvalue weighted by Crippen LogP contribution is 2.19. The molecule has 5 heteroatoms. The van der Waals surface area contributed by atoms with Gasteiger partial charge >= 0.3 is 0 Å². The summed E-state index contributed by atoms with van der Waals surface area (Å²) in [6.07, 6.45) is -0.667. The third-order valence-corrected chi connectivity index (χ3v) is 4.11. The van der Waals surface area contributed by atoms with Crippen LogP contribution in [0, 0.1) is 6.92 Å². The Balaban J connectivity index is 1.98. The fourth-order valence-electron chi connectivity index (χ4n) is 1.67. The minimum absolute atomic E-state index is 0.193. The molecule has 0 aliphatic carbocycles. The number of halogens is 1. The van der Waals surface area contributed by atoms with Gasteiger partial charge in [0.15, 0.2) is 0 Å². The fourth-order valence-corrected chi connectivity index (χ4v) is 3.05. The Kier molecular flexibility index (Phi) is 4.74. The Labute approximate surface area is 124 Å². The normalized spacial score (nSPS) is 12.2. The Morgan fingerprint density at radius 2 is 2.26 bits per heavy atom. The van der Waals surface area contributed by atoms with Crippen LogP contribution in [0.5, 0.6) is 0 Å². The number of carbonyl (C=O) groups excluding carboxylic acids is 1. The lowest BCUT2D eigenvalue weighted by Gasteiger charge is -2.11. The fraction of sp³-hybridized carbons (Fsp3) is 0.214. The molecule has 19 heavy (non-hydrogen) atoms. The number of carbonyl (C=O) groups is 1. The molecule has 0 bridgehead atoms. The van der Waals surface area contributed by atoms with Crippen molar-refractivity contribution in [2.45, 2.75) is 13.0 Å². The highest BCUT2D eigenvalue weighted by molar-refractivity contribution is 9.10. The molecule has 0 spiro atoms. The number of amides is 1. The lowest BCUT2D eigenvalue weighted by molar-refractivity contribution is 0.0916. The van der Waals surface area contributed by atoms with E-state index in [4.69, 9.17) is 0 Å². The Bertz CT molecular complexity index is 569. The summed E-state index contributed by atoms with van der Waals surface area (Å²) in [4.78, 5) is 12.0. The molecule has 3 nitrogen and oxygen atoms in total. The average Bonchev–Trinajstić information content (AvgIpc) is 2.89. The average molecular weight is 340 g/mol. The largest absolute Gasteiger partial charge is 0.387 e. The van der Waals surface area contributed by atoms with Crippen LogP contribution in [0.2, 0.25) is 0 Å². The summed E-state index contributed by atoms with van der Waals surface area (Å²) >= 11 is 4.89. The van der Waals surface area contributed by atoms with Crippen molar-refractivity contribution in [2.75, 3.05) is 6.54 Å². The number of aryl methyl sites for hydroxylation is 1. The molecule has 1 amide bonds. The van der Waals surface area contributed by atoms with Crippen molar-refractivity contribution in [1.82, 2.24) is 5.32 Å². The lowest BCUT2D eigenvalue weighted by atomic mass is 10.1. The molecule has 0 aliphatic rings. The van der Waals surface area contributed by atoms with Crippen LogP contribution in [0.25, 0.3) is 0 Å². The van der Waals surface area contributed by atoms with Crippen molar-refractivity contribution in [2.24, 2.45) is 0 Å². The maximum atomic E-state index is 12.0. The molecule has 2 rings (SSSR count). The van der Waals surface area contributed by atoms with Gasteiger partial charge in [0.1, 0.15) is 0 Å². The van der Waals surface area contributed by atoms with Crippen molar-refractivity contribution in [1.29, 1.82) is 0 Å². The summed E-state index contributed by atoms with van der Waals surface area (Å²) in [7, 11) is 0. The Hall–Kier alpha value is -1.17. The first-order chi connectivity index (χ1) is 9.08. The van der Waals surface area contributed by atoms with Gasteiger partial charge < -0.3 is 10.4 Å². The molecule has 1 unspecified atom stereocenters. The molecule has 0 saturated heterocycles. The monoisotopic (exact) mass is 339 g/mol. The third-order valence-electron chi connectivity index (χ3n) is 2.75.